The second-order valence-electron chi connectivity index (χ2n) is 7.42. The zero-order valence-corrected chi connectivity index (χ0v) is 16.1. The Bertz CT molecular complexity index is 764. The lowest BCUT2D eigenvalue weighted by Crippen LogP contribution is -2.30. The van der Waals surface area contributed by atoms with Gasteiger partial charge in [0.2, 0.25) is 0 Å². The van der Waals surface area contributed by atoms with Gasteiger partial charge in [0.15, 0.2) is 0 Å². The summed E-state index contributed by atoms with van der Waals surface area (Å²) < 4.78 is 26.5. The van der Waals surface area contributed by atoms with E-state index < -0.39 is 11.6 Å². The molecule has 1 fully saturated rings. The lowest BCUT2D eigenvalue weighted by molar-refractivity contribution is 0.0791. The molecule has 2 atom stereocenters. The third-order valence-corrected chi connectivity index (χ3v) is 5.19. The maximum absolute atomic E-state index is 13.3. The minimum atomic E-state index is -0.733. The molecular weight excluding hydrogens is 360 g/mol. The molecule has 0 saturated carbocycles. The number of halogens is 2. The standard InChI is InChI=1S/C22H27F2N3O/c1-27(22(28)17-12-18(23)14-19(24)13-17)11-7-3-6-10-20-15-21(26-25-20)16-8-4-2-5-9-16/h2,4-5,8-9,12-14,20-21,25-26H,3,6-7,10-11,15H2,1H3. The number of nitrogens with zero attached hydrogens (tertiary/aromatic N) is 1. The molecule has 6 heteroatoms. The molecule has 3 rings (SSSR count). The van der Waals surface area contributed by atoms with Crippen molar-refractivity contribution >= 4 is 5.91 Å². The van der Waals surface area contributed by atoms with Gasteiger partial charge in [0.05, 0.1) is 0 Å². The summed E-state index contributed by atoms with van der Waals surface area (Å²) >= 11 is 0. The lowest BCUT2D eigenvalue weighted by atomic mass is 9.99. The van der Waals surface area contributed by atoms with Crippen molar-refractivity contribution in [1.82, 2.24) is 15.8 Å². The molecule has 1 saturated heterocycles. The van der Waals surface area contributed by atoms with E-state index in [0.29, 0.717) is 18.6 Å². The van der Waals surface area contributed by atoms with Crippen LogP contribution in [0.5, 0.6) is 0 Å². The fourth-order valence-electron chi connectivity index (χ4n) is 3.63. The number of amides is 1. The van der Waals surface area contributed by atoms with Crippen molar-refractivity contribution in [1.29, 1.82) is 0 Å². The van der Waals surface area contributed by atoms with Crippen LogP contribution >= 0.6 is 0 Å². The van der Waals surface area contributed by atoms with Crippen molar-refractivity contribution in [3.63, 3.8) is 0 Å². The SMILES string of the molecule is CN(CCCCCC1CC(c2ccccc2)NN1)C(=O)c1cc(F)cc(F)c1. The van der Waals surface area contributed by atoms with E-state index in [2.05, 4.69) is 35.1 Å². The van der Waals surface area contributed by atoms with Crippen molar-refractivity contribution < 1.29 is 13.6 Å². The molecule has 150 valence electrons. The Morgan fingerprint density at radius 2 is 1.75 bits per heavy atom. The first kappa shape index (κ1) is 20.4. The largest absolute Gasteiger partial charge is 0.342 e. The number of unbranched alkanes of at least 4 members (excludes halogenated alkanes) is 2. The van der Waals surface area contributed by atoms with Crippen LogP contribution in [0, 0.1) is 11.6 Å². The van der Waals surface area contributed by atoms with E-state index in [9.17, 15) is 13.6 Å². The first-order chi connectivity index (χ1) is 13.5. The number of hydrogen-bond donors (Lipinski definition) is 2. The Morgan fingerprint density at radius 1 is 1.04 bits per heavy atom. The molecule has 2 aromatic rings. The Labute approximate surface area is 164 Å². The smallest absolute Gasteiger partial charge is 0.253 e. The highest BCUT2D eigenvalue weighted by Gasteiger charge is 2.24. The molecular formula is C22H27F2N3O. The summed E-state index contributed by atoms with van der Waals surface area (Å²) in [7, 11) is 1.66. The highest BCUT2D eigenvalue weighted by atomic mass is 19.1. The highest BCUT2D eigenvalue weighted by Crippen LogP contribution is 2.24. The number of carbonyl (C=O) groups excluding carboxylic acids is 1. The van der Waals surface area contributed by atoms with Gasteiger partial charge in [-0.25, -0.2) is 8.78 Å². The van der Waals surface area contributed by atoms with Gasteiger partial charge >= 0.3 is 0 Å². The van der Waals surface area contributed by atoms with Crippen molar-refractivity contribution in [3.05, 3.63) is 71.3 Å². The molecule has 1 aliphatic heterocycles. The van der Waals surface area contributed by atoms with Gasteiger partial charge in [-0.1, -0.05) is 43.2 Å². The van der Waals surface area contributed by atoms with E-state index in [1.54, 1.807) is 7.05 Å². The maximum Gasteiger partial charge on any atom is 0.253 e. The van der Waals surface area contributed by atoms with Crippen LogP contribution in [0.4, 0.5) is 8.78 Å². The van der Waals surface area contributed by atoms with Crippen LogP contribution in [-0.2, 0) is 0 Å². The van der Waals surface area contributed by atoms with Gasteiger partial charge in [-0.3, -0.25) is 15.6 Å². The van der Waals surface area contributed by atoms with E-state index in [1.165, 1.54) is 10.5 Å². The average Bonchev–Trinajstić information content (AvgIpc) is 3.16. The summed E-state index contributed by atoms with van der Waals surface area (Å²) in [4.78, 5) is 13.8. The molecule has 2 aromatic carbocycles. The minimum absolute atomic E-state index is 0.0492. The Hall–Kier alpha value is -2.31. The molecule has 2 N–H and O–H groups in total. The van der Waals surface area contributed by atoms with Gasteiger partial charge in [0.25, 0.3) is 5.91 Å². The van der Waals surface area contributed by atoms with Gasteiger partial charge in [-0.05, 0) is 37.0 Å². The van der Waals surface area contributed by atoms with Crippen LogP contribution in [0.3, 0.4) is 0 Å². The number of hydrazine groups is 1. The first-order valence-corrected chi connectivity index (χ1v) is 9.80. The van der Waals surface area contributed by atoms with Crippen LogP contribution in [0.2, 0.25) is 0 Å². The summed E-state index contributed by atoms with van der Waals surface area (Å²) in [6, 6.07) is 14.1. The predicted molar refractivity (Wildman–Crippen MR) is 106 cm³/mol. The maximum atomic E-state index is 13.3. The number of benzene rings is 2. The van der Waals surface area contributed by atoms with Gasteiger partial charge in [-0.15, -0.1) is 0 Å². The fourth-order valence-corrected chi connectivity index (χ4v) is 3.63. The quantitative estimate of drug-likeness (QED) is 0.667. The molecule has 0 aromatic heterocycles. The van der Waals surface area contributed by atoms with E-state index in [0.717, 1.165) is 50.3 Å². The van der Waals surface area contributed by atoms with E-state index in [1.807, 2.05) is 6.07 Å². The first-order valence-electron chi connectivity index (χ1n) is 9.80. The topological polar surface area (TPSA) is 44.4 Å². The fraction of sp³-hybridized carbons (Fsp3) is 0.409. The summed E-state index contributed by atoms with van der Waals surface area (Å²) in [5.41, 5.74) is 8.08. The van der Waals surface area contributed by atoms with Crippen LogP contribution in [0.25, 0.3) is 0 Å². The van der Waals surface area contributed by atoms with E-state index in [-0.39, 0.29) is 11.5 Å². The van der Waals surface area contributed by atoms with E-state index in [4.69, 9.17) is 0 Å². The number of hydrogen-bond acceptors (Lipinski definition) is 3. The Balaban J connectivity index is 1.34. The van der Waals surface area contributed by atoms with Crippen LogP contribution < -0.4 is 10.9 Å². The third-order valence-electron chi connectivity index (χ3n) is 5.19. The molecule has 0 bridgehead atoms. The monoisotopic (exact) mass is 387 g/mol. The molecule has 2 unspecified atom stereocenters. The van der Waals surface area contributed by atoms with E-state index >= 15 is 0 Å². The summed E-state index contributed by atoms with van der Waals surface area (Å²) in [6.07, 6.45) is 5.07. The van der Waals surface area contributed by atoms with Gasteiger partial charge in [-0.2, -0.15) is 0 Å². The average molecular weight is 387 g/mol. The molecule has 28 heavy (non-hydrogen) atoms. The van der Waals surface area contributed by atoms with Gasteiger partial charge in [0.1, 0.15) is 11.6 Å². The van der Waals surface area contributed by atoms with Gasteiger partial charge in [0, 0.05) is 37.3 Å². The second-order valence-corrected chi connectivity index (χ2v) is 7.42. The van der Waals surface area contributed by atoms with Crippen LogP contribution in [0.15, 0.2) is 48.5 Å². The third kappa shape index (κ3) is 5.59. The molecule has 4 nitrogen and oxygen atoms in total. The van der Waals surface area contributed by atoms with Crippen LogP contribution in [0.1, 0.15) is 54.1 Å². The lowest BCUT2D eigenvalue weighted by Gasteiger charge is -2.17. The minimum Gasteiger partial charge on any atom is -0.342 e. The second kappa shape index (κ2) is 9.75. The summed E-state index contributed by atoms with van der Waals surface area (Å²) in [6.45, 7) is 0.569. The van der Waals surface area contributed by atoms with Crippen molar-refractivity contribution in [2.24, 2.45) is 0 Å². The predicted octanol–water partition coefficient (Wildman–Crippen LogP) is 4.21. The summed E-state index contributed by atoms with van der Waals surface area (Å²) in [5, 5.41) is 0. The normalized spacial score (nSPS) is 19.0. The van der Waals surface area contributed by atoms with Crippen molar-refractivity contribution in [3.8, 4) is 0 Å². The number of carbonyl (C=O) groups is 1. The highest BCUT2D eigenvalue weighted by molar-refractivity contribution is 5.94. The van der Waals surface area contributed by atoms with Crippen molar-refractivity contribution in [2.75, 3.05) is 13.6 Å². The summed E-state index contributed by atoms with van der Waals surface area (Å²) in [5.74, 6) is -1.82. The molecule has 1 amide bonds. The molecule has 0 radical (unpaired) electrons. The number of rotatable bonds is 8. The Morgan fingerprint density at radius 3 is 2.46 bits per heavy atom. The zero-order chi connectivity index (χ0) is 19.9. The van der Waals surface area contributed by atoms with Crippen molar-refractivity contribution in [2.45, 2.75) is 44.2 Å². The molecule has 0 aliphatic carbocycles. The van der Waals surface area contributed by atoms with Crippen LogP contribution in [-0.4, -0.2) is 30.4 Å². The molecule has 0 spiro atoms. The molecule has 1 aliphatic rings. The zero-order valence-electron chi connectivity index (χ0n) is 16.1. The Kier molecular flexibility index (Phi) is 7.12. The number of nitrogens with one attached hydrogen (secondary N) is 2. The van der Waals surface area contributed by atoms with Gasteiger partial charge < -0.3 is 4.90 Å². The molecule has 1 heterocycles.